The van der Waals surface area contributed by atoms with Gasteiger partial charge in [-0.05, 0) is 43.6 Å². The van der Waals surface area contributed by atoms with E-state index < -0.39 is 6.10 Å². The van der Waals surface area contributed by atoms with Gasteiger partial charge in [0.1, 0.15) is 0 Å². The van der Waals surface area contributed by atoms with Crippen molar-refractivity contribution in [3.63, 3.8) is 0 Å². The van der Waals surface area contributed by atoms with Crippen molar-refractivity contribution in [1.29, 1.82) is 0 Å². The second-order valence-electron chi connectivity index (χ2n) is 8.48. The lowest BCUT2D eigenvalue weighted by atomic mass is 9.76. The predicted octanol–water partition coefficient (Wildman–Crippen LogP) is 4.83. The number of ether oxygens (including phenoxy) is 1. The van der Waals surface area contributed by atoms with Crippen LogP contribution in [0.5, 0.6) is 0 Å². The molecule has 1 aromatic rings. The molecule has 3 rings (SSSR count). The van der Waals surface area contributed by atoms with E-state index in [4.69, 9.17) is 4.74 Å². The molecule has 0 aromatic heterocycles. The van der Waals surface area contributed by atoms with E-state index >= 15 is 0 Å². The van der Waals surface area contributed by atoms with Crippen LogP contribution in [0.25, 0.3) is 0 Å². The molecule has 0 aliphatic carbocycles. The van der Waals surface area contributed by atoms with Crippen molar-refractivity contribution < 1.29 is 14.9 Å². The van der Waals surface area contributed by atoms with Crippen LogP contribution in [-0.2, 0) is 4.74 Å². The zero-order chi connectivity index (χ0) is 19.2. The van der Waals surface area contributed by atoms with Gasteiger partial charge in [0.05, 0.1) is 24.4 Å². The molecule has 0 saturated carbocycles. The SMILES string of the molecule is CCC[C@H](O)CCC[C@@H]1[C@@H]2CCC(O2)[C@@H]1C=CC(O)C(C)c1ccccc1. The van der Waals surface area contributed by atoms with E-state index in [1.54, 1.807) is 0 Å². The topological polar surface area (TPSA) is 49.7 Å². The maximum absolute atomic E-state index is 10.6. The van der Waals surface area contributed by atoms with Gasteiger partial charge in [0.2, 0.25) is 0 Å². The van der Waals surface area contributed by atoms with E-state index in [-0.39, 0.29) is 12.0 Å². The highest BCUT2D eigenvalue weighted by Crippen LogP contribution is 2.46. The van der Waals surface area contributed by atoms with E-state index in [0.29, 0.717) is 24.0 Å². The molecular formula is C24H36O3. The summed E-state index contributed by atoms with van der Waals surface area (Å²) in [7, 11) is 0. The minimum atomic E-state index is -0.474. The maximum Gasteiger partial charge on any atom is 0.0786 e. The molecule has 7 atom stereocenters. The highest BCUT2D eigenvalue weighted by Gasteiger charge is 2.47. The summed E-state index contributed by atoms with van der Waals surface area (Å²) in [6.45, 7) is 4.20. The Bertz CT molecular complexity index is 585. The van der Waals surface area contributed by atoms with E-state index in [0.717, 1.165) is 38.5 Å². The third-order valence-electron chi connectivity index (χ3n) is 6.55. The summed E-state index contributed by atoms with van der Waals surface area (Å²) in [6, 6.07) is 10.2. The van der Waals surface area contributed by atoms with Crippen molar-refractivity contribution >= 4 is 0 Å². The molecular weight excluding hydrogens is 336 g/mol. The van der Waals surface area contributed by atoms with E-state index in [1.807, 2.05) is 24.3 Å². The van der Waals surface area contributed by atoms with Crippen molar-refractivity contribution in [3.8, 4) is 0 Å². The minimum Gasteiger partial charge on any atom is -0.393 e. The Morgan fingerprint density at radius 2 is 1.85 bits per heavy atom. The number of aliphatic hydroxyl groups is 2. The number of rotatable bonds is 10. The lowest BCUT2D eigenvalue weighted by Crippen LogP contribution is -2.26. The summed E-state index contributed by atoms with van der Waals surface area (Å²) < 4.78 is 6.18. The molecule has 3 nitrogen and oxygen atoms in total. The standard InChI is InChI=1S/C24H36O3/c1-3-8-19(25)11-7-12-20-21(24-16-15-23(20)27-24)13-14-22(26)17(2)18-9-5-4-6-10-18/h4-6,9-10,13-14,17,19-26H,3,7-8,11-12,15-16H2,1-2H3/t17?,19-,20-,21+,22?,23-,24?/m0/s1. The first-order valence-corrected chi connectivity index (χ1v) is 10.8. The average molecular weight is 373 g/mol. The van der Waals surface area contributed by atoms with Gasteiger partial charge in [0.25, 0.3) is 0 Å². The molecule has 0 amide bonds. The molecule has 2 aliphatic heterocycles. The van der Waals surface area contributed by atoms with Gasteiger partial charge in [-0.2, -0.15) is 0 Å². The van der Waals surface area contributed by atoms with Gasteiger partial charge in [-0.15, -0.1) is 0 Å². The molecule has 2 bridgehead atoms. The van der Waals surface area contributed by atoms with Crippen LogP contribution in [0.3, 0.4) is 0 Å². The Morgan fingerprint density at radius 1 is 1.11 bits per heavy atom. The molecule has 2 heterocycles. The van der Waals surface area contributed by atoms with Gasteiger partial charge in [0.15, 0.2) is 0 Å². The number of hydrogen-bond donors (Lipinski definition) is 2. The number of hydrogen-bond acceptors (Lipinski definition) is 3. The molecule has 2 fully saturated rings. The molecule has 2 N–H and O–H groups in total. The van der Waals surface area contributed by atoms with Gasteiger partial charge in [-0.1, -0.05) is 69.2 Å². The van der Waals surface area contributed by atoms with Gasteiger partial charge in [-0.3, -0.25) is 0 Å². The zero-order valence-corrected chi connectivity index (χ0v) is 16.8. The third-order valence-corrected chi connectivity index (χ3v) is 6.55. The normalized spacial score (nSPS) is 30.7. The Morgan fingerprint density at radius 3 is 2.59 bits per heavy atom. The molecule has 2 aliphatic rings. The largest absolute Gasteiger partial charge is 0.393 e. The fourth-order valence-electron chi connectivity index (χ4n) is 4.89. The van der Waals surface area contributed by atoms with Gasteiger partial charge >= 0.3 is 0 Å². The highest BCUT2D eigenvalue weighted by molar-refractivity contribution is 5.22. The van der Waals surface area contributed by atoms with Crippen molar-refractivity contribution in [2.45, 2.75) is 89.1 Å². The Balaban J connectivity index is 1.56. The molecule has 0 spiro atoms. The van der Waals surface area contributed by atoms with Crippen LogP contribution >= 0.6 is 0 Å². The van der Waals surface area contributed by atoms with Gasteiger partial charge in [0, 0.05) is 11.8 Å². The van der Waals surface area contributed by atoms with E-state index in [1.165, 1.54) is 12.0 Å². The Hall–Kier alpha value is -1.16. The number of aliphatic hydroxyl groups excluding tert-OH is 2. The van der Waals surface area contributed by atoms with Crippen LogP contribution in [0.15, 0.2) is 42.5 Å². The number of benzene rings is 1. The lowest BCUT2D eigenvalue weighted by molar-refractivity contribution is 0.0871. The summed E-state index contributed by atoms with van der Waals surface area (Å²) in [5.41, 5.74) is 1.17. The quantitative estimate of drug-likeness (QED) is 0.578. The molecule has 3 unspecified atom stereocenters. The molecule has 0 radical (unpaired) electrons. The first kappa shape index (κ1) is 20.6. The fraction of sp³-hybridized carbons (Fsp3) is 0.667. The Labute approximate surface area is 164 Å². The number of fused-ring (bicyclic) bond motifs is 2. The summed E-state index contributed by atoms with van der Waals surface area (Å²) in [6.07, 6.45) is 11.6. The van der Waals surface area contributed by atoms with Gasteiger partial charge < -0.3 is 14.9 Å². The second kappa shape index (κ2) is 9.86. The zero-order valence-electron chi connectivity index (χ0n) is 16.8. The van der Waals surface area contributed by atoms with Gasteiger partial charge in [-0.25, -0.2) is 0 Å². The third kappa shape index (κ3) is 5.22. The van der Waals surface area contributed by atoms with Crippen LogP contribution < -0.4 is 0 Å². The van der Waals surface area contributed by atoms with Crippen molar-refractivity contribution in [1.82, 2.24) is 0 Å². The predicted molar refractivity (Wildman–Crippen MR) is 110 cm³/mol. The first-order valence-electron chi connectivity index (χ1n) is 10.8. The molecule has 27 heavy (non-hydrogen) atoms. The monoisotopic (exact) mass is 372 g/mol. The van der Waals surface area contributed by atoms with Crippen molar-refractivity contribution in [2.24, 2.45) is 11.8 Å². The average Bonchev–Trinajstić information content (AvgIpc) is 3.28. The summed E-state index contributed by atoms with van der Waals surface area (Å²) in [5, 5.41) is 20.6. The van der Waals surface area contributed by atoms with Crippen LogP contribution in [0.2, 0.25) is 0 Å². The molecule has 150 valence electrons. The van der Waals surface area contributed by atoms with Crippen LogP contribution in [-0.4, -0.2) is 34.6 Å². The minimum absolute atomic E-state index is 0.0876. The summed E-state index contributed by atoms with van der Waals surface area (Å²) in [4.78, 5) is 0. The van der Waals surface area contributed by atoms with Crippen LogP contribution in [0.1, 0.15) is 70.3 Å². The van der Waals surface area contributed by atoms with Crippen LogP contribution in [0, 0.1) is 11.8 Å². The summed E-state index contributed by atoms with van der Waals surface area (Å²) in [5.74, 6) is 1.03. The highest BCUT2D eigenvalue weighted by atomic mass is 16.5. The molecule has 2 saturated heterocycles. The van der Waals surface area contributed by atoms with E-state index in [2.05, 4.69) is 32.1 Å². The lowest BCUT2D eigenvalue weighted by Gasteiger charge is -2.26. The molecule has 1 aromatic carbocycles. The van der Waals surface area contributed by atoms with Crippen molar-refractivity contribution in [3.05, 3.63) is 48.0 Å². The fourth-order valence-corrected chi connectivity index (χ4v) is 4.89. The van der Waals surface area contributed by atoms with E-state index in [9.17, 15) is 10.2 Å². The Kier molecular flexibility index (Phi) is 7.51. The van der Waals surface area contributed by atoms with Crippen molar-refractivity contribution in [2.75, 3.05) is 0 Å². The smallest absolute Gasteiger partial charge is 0.0786 e. The first-order chi connectivity index (χ1) is 13.1. The van der Waals surface area contributed by atoms with Crippen LogP contribution in [0.4, 0.5) is 0 Å². The molecule has 3 heteroatoms. The summed E-state index contributed by atoms with van der Waals surface area (Å²) >= 11 is 0. The second-order valence-corrected chi connectivity index (χ2v) is 8.48. The maximum atomic E-state index is 10.6.